The maximum Gasteiger partial charge on any atom is 0.386 e. The Morgan fingerprint density at radius 2 is 1.03 bits per heavy atom. The van der Waals surface area contributed by atoms with Gasteiger partial charge in [0.1, 0.15) is 21.8 Å². The molecule has 0 bridgehead atoms. The second kappa shape index (κ2) is 48.2. The number of aromatic nitrogens is 9. The van der Waals surface area contributed by atoms with Gasteiger partial charge in [0.05, 0.1) is 33.2 Å². The highest BCUT2D eigenvalue weighted by molar-refractivity contribution is 9.10. The molecule has 0 aliphatic rings. The van der Waals surface area contributed by atoms with Gasteiger partial charge in [0.15, 0.2) is 16.8 Å². The van der Waals surface area contributed by atoms with Gasteiger partial charge in [-0.3, -0.25) is 15.0 Å². The van der Waals surface area contributed by atoms with Crippen LogP contribution in [0.3, 0.4) is 0 Å². The van der Waals surface area contributed by atoms with Crippen LogP contribution in [0.25, 0.3) is 23.0 Å². The van der Waals surface area contributed by atoms with Crippen molar-refractivity contribution in [1.82, 2.24) is 44.9 Å². The van der Waals surface area contributed by atoms with Crippen molar-refractivity contribution in [1.29, 1.82) is 5.26 Å². The summed E-state index contributed by atoms with van der Waals surface area (Å²) in [6, 6.07) is 30.4. The maximum atomic E-state index is 10.4. The lowest BCUT2D eigenvalue weighted by Gasteiger charge is -2.09. The van der Waals surface area contributed by atoms with Gasteiger partial charge in [-0.05, 0) is 123 Å². The summed E-state index contributed by atoms with van der Waals surface area (Å²) >= 11 is 21.3. The minimum absolute atomic E-state index is 0. The molecule has 7 aromatic rings. The molecule has 0 radical (unpaired) electrons. The molecule has 0 aliphatic carbocycles. The third-order valence-corrected chi connectivity index (χ3v) is 9.35. The SMILES string of the molecule is Brc1ccccn1.C.C.CC.CC.CC#N.CC(F)(F)F.Cc1nc(-c2ccccn2)nc(CCCNc2ccccn2)c1Cl.Cc1nc(-c2ccccn2)nc(Cl)c1Cl.NCCCc1ccccn1.NCCN. The average Bonchev–Trinajstić information content (AvgIpc) is 3.40. The van der Waals surface area contributed by atoms with Crippen LogP contribution < -0.4 is 22.5 Å². The highest BCUT2D eigenvalue weighted by atomic mass is 79.9. The van der Waals surface area contributed by atoms with Gasteiger partial charge in [-0.15, -0.1) is 0 Å². The van der Waals surface area contributed by atoms with Crippen LogP contribution in [0.4, 0.5) is 19.0 Å². The molecule has 0 atom stereocenters. The highest BCUT2D eigenvalue weighted by Crippen LogP contribution is 2.25. The third kappa shape index (κ3) is 37.9. The van der Waals surface area contributed by atoms with Crippen LogP contribution in [0.15, 0.2) is 127 Å². The first-order valence-corrected chi connectivity index (χ1v) is 24.7. The summed E-state index contributed by atoms with van der Waals surface area (Å²) in [6.07, 6.45) is 8.42. The summed E-state index contributed by atoms with van der Waals surface area (Å²) in [7, 11) is 0. The number of nitrogens with one attached hydrogen (secondary N) is 1. The van der Waals surface area contributed by atoms with Crippen molar-refractivity contribution in [3.8, 4) is 29.1 Å². The second-order valence-corrected chi connectivity index (χ2v) is 15.2. The Bertz CT molecular complexity index is 2380. The Balaban J connectivity index is -0.000000423. The number of hydrogen-bond acceptors (Lipinski definition) is 14. The highest BCUT2D eigenvalue weighted by Gasteiger charge is 2.16. The summed E-state index contributed by atoms with van der Waals surface area (Å²) < 4.78 is 31.9. The molecule has 7 heterocycles. The van der Waals surface area contributed by atoms with Gasteiger partial charge in [0.2, 0.25) is 0 Å². The minimum Gasteiger partial charge on any atom is -0.370 e. The maximum absolute atomic E-state index is 10.4. The van der Waals surface area contributed by atoms with E-state index in [0.717, 1.165) is 72.0 Å². The number of pyridine rings is 5. The molecule has 0 aliphatic heterocycles. The van der Waals surface area contributed by atoms with Crippen LogP contribution in [0.5, 0.6) is 0 Å². The zero-order valence-corrected chi connectivity index (χ0v) is 45.9. The molecular formula is C53H75BrCl3F3N14. The number of nitrogens with two attached hydrogens (primary N) is 3. The van der Waals surface area contributed by atoms with Crippen LogP contribution in [0, 0.1) is 25.2 Å². The predicted octanol–water partition coefficient (Wildman–Crippen LogP) is 14.2. The predicted molar refractivity (Wildman–Crippen MR) is 307 cm³/mol. The topological polar surface area (TPSA) is 230 Å². The van der Waals surface area contributed by atoms with Crippen molar-refractivity contribution in [2.24, 2.45) is 17.2 Å². The number of anilines is 1. The van der Waals surface area contributed by atoms with Crippen LogP contribution in [0.1, 0.15) is 92.0 Å². The lowest BCUT2D eigenvalue weighted by Crippen LogP contribution is -2.11. The van der Waals surface area contributed by atoms with Crippen molar-refractivity contribution in [3.63, 3.8) is 0 Å². The fourth-order valence-electron chi connectivity index (χ4n) is 4.64. The third-order valence-electron chi connectivity index (χ3n) is 7.57. The lowest BCUT2D eigenvalue weighted by atomic mass is 10.2. The summed E-state index contributed by atoms with van der Waals surface area (Å²) in [5.74, 6) is 1.98. The largest absolute Gasteiger partial charge is 0.386 e. The Kier molecular flexibility index (Phi) is 48.7. The molecule has 7 rings (SSSR count). The van der Waals surface area contributed by atoms with E-state index in [-0.39, 0.29) is 26.9 Å². The molecule has 0 saturated carbocycles. The van der Waals surface area contributed by atoms with Gasteiger partial charge in [0, 0.05) is 70.2 Å². The van der Waals surface area contributed by atoms with E-state index in [2.05, 4.69) is 66.1 Å². The van der Waals surface area contributed by atoms with E-state index in [0.29, 0.717) is 46.2 Å². The number of halogens is 7. The molecule has 0 spiro atoms. The number of nitriles is 1. The molecule has 0 amide bonds. The molecule has 7 aromatic heterocycles. The Morgan fingerprint density at radius 3 is 1.39 bits per heavy atom. The molecule has 0 unspecified atom stereocenters. The van der Waals surface area contributed by atoms with Gasteiger partial charge >= 0.3 is 6.18 Å². The Labute approximate surface area is 461 Å². The van der Waals surface area contributed by atoms with Gasteiger partial charge in [-0.25, -0.2) is 29.9 Å². The van der Waals surface area contributed by atoms with Gasteiger partial charge in [0.25, 0.3) is 0 Å². The average molecular weight is 1150 g/mol. The fourth-order valence-corrected chi connectivity index (χ4v) is 5.39. The quantitative estimate of drug-likeness (QED) is 0.0536. The first-order chi connectivity index (χ1) is 34.6. The second-order valence-electron chi connectivity index (χ2n) is 13.3. The van der Waals surface area contributed by atoms with E-state index < -0.39 is 6.18 Å². The monoisotopic (exact) mass is 1150 g/mol. The summed E-state index contributed by atoms with van der Waals surface area (Å²) in [6.45, 7) is 16.0. The molecule has 406 valence electrons. The van der Waals surface area contributed by atoms with E-state index in [4.69, 9.17) is 57.3 Å². The first-order valence-electron chi connectivity index (χ1n) is 22.7. The first kappa shape index (κ1) is 74.7. The molecule has 0 saturated heterocycles. The normalized spacial score (nSPS) is 9.15. The number of aryl methyl sites for hydroxylation is 4. The molecule has 7 N–H and O–H groups in total. The van der Waals surface area contributed by atoms with Crippen molar-refractivity contribution in [3.05, 3.63) is 165 Å². The zero-order chi connectivity index (χ0) is 54.6. The fraction of sp³-hybridized carbons (Fsp3) is 0.358. The zero-order valence-electron chi connectivity index (χ0n) is 42.1. The smallest absolute Gasteiger partial charge is 0.370 e. The molecule has 21 heteroatoms. The van der Waals surface area contributed by atoms with Crippen LogP contribution in [0.2, 0.25) is 15.2 Å². The van der Waals surface area contributed by atoms with E-state index >= 15 is 0 Å². The molecule has 0 fully saturated rings. The van der Waals surface area contributed by atoms with Gasteiger partial charge in [-0.2, -0.15) is 18.4 Å². The van der Waals surface area contributed by atoms with Crippen LogP contribution in [-0.4, -0.2) is 77.2 Å². The van der Waals surface area contributed by atoms with Crippen molar-refractivity contribution in [2.75, 3.05) is 31.5 Å². The number of alkyl halides is 3. The Morgan fingerprint density at radius 1 is 0.595 bits per heavy atom. The van der Waals surface area contributed by atoms with E-state index in [9.17, 15) is 13.2 Å². The molecule has 0 aromatic carbocycles. The molecule has 14 nitrogen and oxygen atoms in total. The summed E-state index contributed by atoms with van der Waals surface area (Å²) in [4.78, 5) is 38.1. The van der Waals surface area contributed by atoms with E-state index in [1.807, 2.05) is 132 Å². The van der Waals surface area contributed by atoms with Crippen LogP contribution in [-0.2, 0) is 12.8 Å². The van der Waals surface area contributed by atoms with E-state index in [1.54, 1.807) is 37.8 Å². The van der Waals surface area contributed by atoms with Crippen molar-refractivity contribution in [2.45, 2.75) is 102 Å². The van der Waals surface area contributed by atoms with E-state index in [1.165, 1.54) is 6.92 Å². The summed E-state index contributed by atoms with van der Waals surface area (Å²) in [5.41, 5.74) is 20.0. The molecular weight excluding hydrogens is 1080 g/mol. The van der Waals surface area contributed by atoms with Crippen LogP contribution >= 0.6 is 50.7 Å². The standard InChI is InChI=1S/C18H18ClN5.C10H7Cl2N3.C8H12N2.C5H4BrN.C2H3F3.C2H8N2.C2H3N.2C2H6.2CH4/c1-13-17(19)14(8-6-12-22-16-9-3-5-11-21-16)24-18(23-13)15-7-2-4-10-20-15;1-6-8(11)9(12)15-10(14-6)7-4-2-3-5-13-7;9-6-3-5-8-4-1-2-7-10-8;6-5-3-1-2-4-7-5;1-2(3,4)5;3-1-2-4;1-2-3;2*1-2;;/h2-5,7,9-11H,6,8,12H2,1H3,(H,21,22);2-5H,1H3;1-2,4,7H,3,5-6,9H2;1-4H;1H3;1-4H2;1H3;2*1-2H3;2*1H4. The lowest BCUT2D eigenvalue weighted by molar-refractivity contribution is -0.110. The number of nitrogens with zero attached hydrogens (tertiary/aromatic N) is 10. The van der Waals surface area contributed by atoms with Gasteiger partial charge < -0.3 is 22.5 Å². The molecule has 74 heavy (non-hydrogen) atoms. The van der Waals surface area contributed by atoms with Crippen molar-refractivity contribution < 1.29 is 13.2 Å². The van der Waals surface area contributed by atoms with Gasteiger partial charge in [-0.1, -0.05) is 108 Å². The van der Waals surface area contributed by atoms with Crippen molar-refractivity contribution >= 4 is 56.6 Å². The summed E-state index contributed by atoms with van der Waals surface area (Å²) in [5, 5.41) is 11.9. The Hall–Kier alpha value is -5.78. The minimum atomic E-state index is -4.00. The number of rotatable bonds is 11. The number of hydrogen-bond donors (Lipinski definition) is 4.